The second-order valence-electron chi connectivity index (χ2n) is 9.72. The van der Waals surface area contributed by atoms with Gasteiger partial charge in [0.15, 0.2) is 9.84 Å². The van der Waals surface area contributed by atoms with E-state index in [9.17, 15) is 26.0 Å². The molecule has 4 aromatic rings. The van der Waals surface area contributed by atoms with Gasteiger partial charge in [-0.25, -0.2) is 17.8 Å². The minimum Gasteiger partial charge on any atom is -0.374 e. The normalized spacial score (nSPS) is 16.1. The molecular weight excluding hydrogens is 536 g/mol. The van der Waals surface area contributed by atoms with Crippen molar-refractivity contribution in [1.82, 2.24) is 24.2 Å². The van der Waals surface area contributed by atoms with Crippen LogP contribution in [0.3, 0.4) is 0 Å². The molecule has 3 aromatic heterocycles. The zero-order valence-corrected chi connectivity index (χ0v) is 22.1. The van der Waals surface area contributed by atoms with Gasteiger partial charge in [-0.05, 0) is 49.2 Å². The lowest BCUT2D eigenvalue weighted by atomic mass is 10.1. The highest BCUT2D eigenvalue weighted by atomic mass is 32.2. The number of pyridine rings is 1. The lowest BCUT2D eigenvalue weighted by Crippen LogP contribution is -2.40. The second-order valence-corrected chi connectivity index (χ2v) is 12.0. The number of hydrogen-bond donors (Lipinski definition) is 1. The maximum atomic E-state index is 14.6. The summed E-state index contributed by atoms with van der Waals surface area (Å²) >= 11 is 0. The van der Waals surface area contributed by atoms with E-state index >= 15 is 0 Å². The minimum absolute atomic E-state index is 0.194. The molecule has 1 aliphatic heterocycles. The molecule has 0 aliphatic carbocycles. The van der Waals surface area contributed by atoms with Crippen LogP contribution in [-0.2, 0) is 23.3 Å². The van der Waals surface area contributed by atoms with E-state index in [0.29, 0.717) is 30.0 Å². The van der Waals surface area contributed by atoms with Crippen molar-refractivity contribution in [3.8, 4) is 16.9 Å². The number of fused-ring (bicyclic) bond motifs is 1. The summed E-state index contributed by atoms with van der Waals surface area (Å²) in [6, 6.07) is 7.67. The van der Waals surface area contributed by atoms with Crippen LogP contribution in [0.2, 0.25) is 0 Å². The topological polar surface area (TPSA) is 85.0 Å². The van der Waals surface area contributed by atoms with E-state index in [1.165, 1.54) is 18.2 Å². The van der Waals surface area contributed by atoms with E-state index in [1.807, 2.05) is 30.1 Å². The molecule has 0 saturated carbocycles. The highest BCUT2D eigenvalue weighted by molar-refractivity contribution is 7.91. The summed E-state index contributed by atoms with van der Waals surface area (Å²) < 4.78 is 79.2. The first kappa shape index (κ1) is 27.1. The van der Waals surface area contributed by atoms with Crippen molar-refractivity contribution < 1.29 is 26.0 Å². The van der Waals surface area contributed by atoms with Gasteiger partial charge in [0.05, 0.1) is 34.8 Å². The Hall–Kier alpha value is -3.45. The van der Waals surface area contributed by atoms with Crippen LogP contribution in [-0.4, -0.2) is 76.5 Å². The summed E-state index contributed by atoms with van der Waals surface area (Å²) in [7, 11) is -1.11. The molecule has 5 rings (SSSR count). The van der Waals surface area contributed by atoms with Crippen LogP contribution in [0.4, 0.5) is 23.2 Å². The Labute approximate surface area is 223 Å². The van der Waals surface area contributed by atoms with Crippen LogP contribution in [0.1, 0.15) is 12.0 Å². The van der Waals surface area contributed by atoms with E-state index in [4.69, 9.17) is 4.98 Å². The summed E-state index contributed by atoms with van der Waals surface area (Å²) in [6.45, 7) is 0.553. The molecule has 0 spiro atoms. The molecule has 4 heterocycles. The van der Waals surface area contributed by atoms with Crippen LogP contribution in [0.25, 0.3) is 28.0 Å². The fourth-order valence-electron chi connectivity index (χ4n) is 4.74. The highest BCUT2D eigenvalue weighted by Crippen LogP contribution is 2.30. The van der Waals surface area contributed by atoms with Crippen molar-refractivity contribution in [1.29, 1.82) is 0 Å². The summed E-state index contributed by atoms with van der Waals surface area (Å²) in [4.78, 5) is 6.97. The van der Waals surface area contributed by atoms with Gasteiger partial charge in [0.2, 0.25) is 0 Å². The van der Waals surface area contributed by atoms with E-state index in [-0.39, 0.29) is 17.2 Å². The third-order valence-electron chi connectivity index (χ3n) is 6.81. The molecule has 1 N–H and O–H groups in total. The van der Waals surface area contributed by atoms with Gasteiger partial charge in [-0.3, -0.25) is 9.25 Å². The Morgan fingerprint density at radius 3 is 2.51 bits per heavy atom. The van der Waals surface area contributed by atoms with Gasteiger partial charge in [0.25, 0.3) is 0 Å². The fourth-order valence-corrected chi connectivity index (χ4v) is 6.02. The average molecular weight is 565 g/mol. The molecule has 8 nitrogen and oxygen atoms in total. The quantitative estimate of drug-likeness (QED) is 0.323. The third kappa shape index (κ3) is 6.41. The van der Waals surface area contributed by atoms with Crippen molar-refractivity contribution in [2.45, 2.75) is 19.0 Å². The molecular formula is C26H28F4N6O2S. The Bertz CT molecular complexity index is 1580. The molecule has 39 heavy (non-hydrogen) atoms. The first-order valence-corrected chi connectivity index (χ1v) is 14.3. The van der Waals surface area contributed by atoms with Crippen molar-refractivity contribution in [2.24, 2.45) is 7.05 Å². The molecule has 0 bridgehead atoms. The molecule has 0 amide bonds. The molecule has 208 valence electrons. The zero-order valence-electron chi connectivity index (χ0n) is 21.2. The first-order chi connectivity index (χ1) is 18.5. The number of nitrogens with zero attached hydrogens (tertiary/aromatic N) is 5. The molecule has 13 heteroatoms. The monoisotopic (exact) mass is 564 g/mol. The van der Waals surface area contributed by atoms with E-state index in [1.54, 1.807) is 16.9 Å². The summed E-state index contributed by atoms with van der Waals surface area (Å²) in [6.07, 6.45) is 2.71. The predicted molar refractivity (Wildman–Crippen MR) is 141 cm³/mol. The third-order valence-corrected chi connectivity index (χ3v) is 8.41. The summed E-state index contributed by atoms with van der Waals surface area (Å²) in [5.74, 6) is -0.410. The van der Waals surface area contributed by atoms with Crippen LogP contribution in [0.15, 0.2) is 48.9 Å². The number of alkyl halides is 3. The number of aromatic nitrogens is 4. The lowest BCUT2D eigenvalue weighted by Gasteiger charge is -2.26. The smallest absolute Gasteiger partial charge is 0.374 e. The Morgan fingerprint density at radius 1 is 1.08 bits per heavy atom. The lowest BCUT2D eigenvalue weighted by molar-refractivity contribution is -0.115. The summed E-state index contributed by atoms with van der Waals surface area (Å²) in [5, 5.41) is 7.26. The fraction of sp³-hybridized carbons (Fsp3) is 0.385. The maximum Gasteiger partial charge on any atom is 0.405 e. The van der Waals surface area contributed by atoms with Gasteiger partial charge < -0.3 is 10.2 Å². The molecule has 1 fully saturated rings. The number of aryl methyl sites for hydroxylation is 2. The van der Waals surface area contributed by atoms with Gasteiger partial charge in [-0.15, -0.1) is 0 Å². The van der Waals surface area contributed by atoms with E-state index < -0.39 is 28.4 Å². The molecule has 1 aliphatic rings. The van der Waals surface area contributed by atoms with Crippen molar-refractivity contribution in [3.63, 3.8) is 0 Å². The number of nitrogens with one attached hydrogen (secondary N) is 1. The number of halogens is 4. The van der Waals surface area contributed by atoms with Gasteiger partial charge in [-0.1, -0.05) is 6.07 Å². The van der Waals surface area contributed by atoms with Crippen LogP contribution >= 0.6 is 0 Å². The van der Waals surface area contributed by atoms with Gasteiger partial charge in [-0.2, -0.15) is 18.3 Å². The highest BCUT2D eigenvalue weighted by Gasteiger charge is 2.27. The Kier molecular flexibility index (Phi) is 7.38. The van der Waals surface area contributed by atoms with Crippen molar-refractivity contribution in [2.75, 3.05) is 43.0 Å². The SMILES string of the molecule is Cn1cc(-n2cc(CCCN3CCS(=O)(=O)CC3)c3ccc(-c4ccc(NCC(F)(F)F)c(F)c4)nc32)cn1. The van der Waals surface area contributed by atoms with Crippen molar-refractivity contribution >= 4 is 26.6 Å². The Balaban J connectivity index is 1.40. The van der Waals surface area contributed by atoms with Crippen LogP contribution in [0.5, 0.6) is 0 Å². The van der Waals surface area contributed by atoms with Gasteiger partial charge >= 0.3 is 6.18 Å². The standard InChI is InChI=1S/C26H28F4N6O2S/c1-34-16-20(14-32-34)36-15-19(3-2-8-35-9-11-39(37,38)12-10-35)21-5-7-23(33-25(21)36)18-4-6-24(22(27)13-18)31-17-26(28,29)30/h4-7,13-16,31H,2-3,8-12,17H2,1H3. The molecule has 1 aromatic carbocycles. The molecule has 0 unspecified atom stereocenters. The summed E-state index contributed by atoms with van der Waals surface area (Å²) in [5.41, 5.74) is 3.21. The number of benzene rings is 1. The van der Waals surface area contributed by atoms with E-state index in [0.717, 1.165) is 36.0 Å². The largest absolute Gasteiger partial charge is 0.405 e. The van der Waals surface area contributed by atoms with Crippen LogP contribution in [0, 0.1) is 5.82 Å². The van der Waals surface area contributed by atoms with Gasteiger partial charge in [0.1, 0.15) is 18.0 Å². The van der Waals surface area contributed by atoms with Crippen molar-refractivity contribution in [3.05, 3.63) is 60.3 Å². The number of anilines is 1. The Morgan fingerprint density at radius 2 is 1.85 bits per heavy atom. The van der Waals surface area contributed by atoms with E-state index in [2.05, 4.69) is 15.3 Å². The number of rotatable bonds is 8. The molecule has 0 atom stereocenters. The first-order valence-electron chi connectivity index (χ1n) is 12.5. The average Bonchev–Trinajstić information content (AvgIpc) is 3.46. The second kappa shape index (κ2) is 10.6. The minimum atomic E-state index is -4.46. The maximum absolute atomic E-state index is 14.6. The van der Waals surface area contributed by atoms with Crippen LogP contribution < -0.4 is 5.32 Å². The number of hydrogen-bond acceptors (Lipinski definition) is 6. The number of sulfone groups is 1. The predicted octanol–water partition coefficient (Wildman–Crippen LogP) is 4.20. The molecule has 0 radical (unpaired) electrons. The molecule has 1 saturated heterocycles. The van der Waals surface area contributed by atoms with Gasteiger partial charge in [0, 0.05) is 43.5 Å². The zero-order chi connectivity index (χ0) is 27.8.